The standard InChI is InChI=1S/C17H13F6N3S/c1-2-26(27-12-7-11(8-24)9-25-10-12)15(17(21,22)23)13-5-3-4-6-14(13)16(18,19)20/h3-7,9-10,15H,2H2,1H3/t15-/m0/s1. The molecule has 0 unspecified atom stereocenters. The number of rotatable bonds is 5. The summed E-state index contributed by atoms with van der Waals surface area (Å²) in [6.45, 7) is 1.21. The van der Waals surface area contributed by atoms with E-state index in [0.29, 0.717) is 18.0 Å². The summed E-state index contributed by atoms with van der Waals surface area (Å²) < 4.78 is 81.9. The van der Waals surface area contributed by atoms with Gasteiger partial charge in [0.1, 0.15) is 12.1 Å². The molecule has 0 amide bonds. The van der Waals surface area contributed by atoms with Crippen molar-refractivity contribution in [2.24, 2.45) is 0 Å². The van der Waals surface area contributed by atoms with Gasteiger partial charge >= 0.3 is 12.4 Å². The molecule has 144 valence electrons. The van der Waals surface area contributed by atoms with Crippen LogP contribution in [0.1, 0.15) is 29.7 Å². The summed E-state index contributed by atoms with van der Waals surface area (Å²) >= 11 is 0.600. The number of alkyl halides is 6. The zero-order valence-electron chi connectivity index (χ0n) is 13.8. The van der Waals surface area contributed by atoms with Crippen LogP contribution in [-0.4, -0.2) is 22.0 Å². The Bertz CT molecular complexity index is 828. The molecule has 10 heteroatoms. The van der Waals surface area contributed by atoms with Gasteiger partial charge in [-0.15, -0.1) is 0 Å². The minimum Gasteiger partial charge on any atom is -0.262 e. The normalized spacial score (nSPS) is 13.4. The number of halogens is 6. The molecule has 0 aliphatic rings. The molecule has 0 aliphatic carbocycles. The van der Waals surface area contributed by atoms with Gasteiger partial charge in [0.25, 0.3) is 0 Å². The highest BCUT2D eigenvalue weighted by Gasteiger charge is 2.48. The fraction of sp³-hybridized carbons (Fsp3) is 0.294. The molecule has 27 heavy (non-hydrogen) atoms. The molecule has 1 atom stereocenters. The van der Waals surface area contributed by atoms with Crippen LogP contribution in [0.5, 0.6) is 0 Å². The average Bonchev–Trinajstić information content (AvgIpc) is 2.59. The molecule has 0 N–H and O–H groups in total. The number of aromatic nitrogens is 1. The second kappa shape index (κ2) is 8.19. The Hall–Kier alpha value is -2.25. The lowest BCUT2D eigenvalue weighted by Gasteiger charge is -2.32. The molecular formula is C17H13F6N3S. The lowest BCUT2D eigenvalue weighted by molar-refractivity contribution is -0.175. The summed E-state index contributed by atoms with van der Waals surface area (Å²) in [6.07, 6.45) is -7.39. The average molecular weight is 405 g/mol. The van der Waals surface area contributed by atoms with Gasteiger partial charge in [0.05, 0.1) is 11.1 Å². The van der Waals surface area contributed by atoms with Crippen molar-refractivity contribution in [3.05, 3.63) is 59.4 Å². The number of nitriles is 1. The van der Waals surface area contributed by atoms with E-state index in [2.05, 4.69) is 4.98 Å². The predicted octanol–water partition coefficient (Wildman–Crippen LogP) is 5.60. The Labute approximate surface area is 155 Å². The zero-order valence-corrected chi connectivity index (χ0v) is 14.7. The van der Waals surface area contributed by atoms with Gasteiger partial charge in [-0.1, -0.05) is 25.1 Å². The minimum absolute atomic E-state index is 0.135. The first-order chi connectivity index (χ1) is 12.6. The molecule has 0 radical (unpaired) electrons. The fourth-order valence-electron chi connectivity index (χ4n) is 2.45. The van der Waals surface area contributed by atoms with E-state index in [1.54, 1.807) is 0 Å². The van der Waals surface area contributed by atoms with Gasteiger partial charge in [-0.05, 0) is 29.6 Å². The summed E-state index contributed by atoms with van der Waals surface area (Å²) in [4.78, 5) is 3.98. The molecule has 1 aromatic heterocycles. The maximum Gasteiger partial charge on any atom is 0.416 e. The van der Waals surface area contributed by atoms with Crippen molar-refractivity contribution in [2.75, 3.05) is 6.54 Å². The quantitative estimate of drug-likeness (QED) is 0.479. The van der Waals surface area contributed by atoms with Gasteiger partial charge in [0, 0.05) is 23.8 Å². The molecule has 3 nitrogen and oxygen atoms in total. The van der Waals surface area contributed by atoms with Gasteiger partial charge < -0.3 is 0 Å². The predicted molar refractivity (Wildman–Crippen MR) is 87.4 cm³/mol. The Morgan fingerprint density at radius 2 is 1.81 bits per heavy atom. The molecule has 0 spiro atoms. The van der Waals surface area contributed by atoms with Gasteiger partial charge in [-0.2, -0.15) is 31.6 Å². The van der Waals surface area contributed by atoms with E-state index in [0.717, 1.165) is 22.5 Å². The molecule has 0 aliphatic heterocycles. The summed E-state index contributed by atoms with van der Waals surface area (Å²) in [5.74, 6) is 0. The lowest BCUT2D eigenvalue weighted by atomic mass is 9.99. The van der Waals surface area contributed by atoms with E-state index in [4.69, 9.17) is 5.26 Å². The summed E-state index contributed by atoms with van der Waals surface area (Å²) in [6, 6.07) is 4.29. The maximum absolute atomic E-state index is 13.8. The number of nitrogens with zero attached hydrogens (tertiary/aromatic N) is 3. The van der Waals surface area contributed by atoms with E-state index >= 15 is 0 Å². The molecule has 0 fully saturated rings. The third kappa shape index (κ3) is 5.14. The second-order valence-corrected chi connectivity index (χ2v) is 6.50. The van der Waals surface area contributed by atoms with E-state index in [1.807, 2.05) is 6.07 Å². The van der Waals surface area contributed by atoms with Gasteiger partial charge in [0.15, 0.2) is 0 Å². The molecule has 2 aromatic rings. The first kappa shape index (κ1) is 21.1. The summed E-state index contributed by atoms with van der Waals surface area (Å²) in [7, 11) is 0. The number of hydrogen-bond donors (Lipinski definition) is 0. The number of pyridine rings is 1. The van der Waals surface area contributed by atoms with Crippen molar-refractivity contribution in [2.45, 2.75) is 30.2 Å². The van der Waals surface area contributed by atoms with Gasteiger partial charge in [-0.25, -0.2) is 4.31 Å². The van der Waals surface area contributed by atoms with Crippen molar-refractivity contribution in [1.82, 2.24) is 9.29 Å². The SMILES string of the molecule is CCN(Sc1cncc(C#N)c1)[C@@H](c1ccccc1C(F)(F)F)C(F)(F)F. The zero-order chi connectivity index (χ0) is 20.2. The Morgan fingerprint density at radius 3 is 2.37 bits per heavy atom. The van der Waals surface area contributed by atoms with Crippen molar-refractivity contribution in [3.63, 3.8) is 0 Å². The molecular weight excluding hydrogens is 392 g/mol. The maximum atomic E-state index is 13.8. The summed E-state index contributed by atoms with van der Waals surface area (Å²) in [5, 5.41) is 8.88. The van der Waals surface area contributed by atoms with Crippen LogP contribution in [-0.2, 0) is 6.18 Å². The molecule has 0 bridgehead atoms. The van der Waals surface area contributed by atoms with Crippen LogP contribution in [0.25, 0.3) is 0 Å². The Morgan fingerprint density at radius 1 is 1.15 bits per heavy atom. The molecule has 1 heterocycles. The fourth-order valence-corrected chi connectivity index (χ4v) is 3.48. The van der Waals surface area contributed by atoms with Crippen LogP contribution in [0, 0.1) is 11.3 Å². The lowest BCUT2D eigenvalue weighted by Crippen LogP contribution is -2.35. The van der Waals surface area contributed by atoms with Crippen LogP contribution in [0.4, 0.5) is 26.3 Å². The van der Waals surface area contributed by atoms with Crippen molar-refractivity contribution >= 4 is 11.9 Å². The monoisotopic (exact) mass is 405 g/mol. The highest BCUT2D eigenvalue weighted by atomic mass is 32.2. The highest BCUT2D eigenvalue weighted by Crippen LogP contribution is 2.46. The Kier molecular flexibility index (Phi) is 6.38. The van der Waals surface area contributed by atoms with E-state index in [9.17, 15) is 26.3 Å². The van der Waals surface area contributed by atoms with Crippen molar-refractivity contribution in [1.29, 1.82) is 5.26 Å². The largest absolute Gasteiger partial charge is 0.416 e. The van der Waals surface area contributed by atoms with Gasteiger partial charge in [0.2, 0.25) is 0 Å². The number of hydrogen-bond acceptors (Lipinski definition) is 4. The van der Waals surface area contributed by atoms with Crippen LogP contribution in [0.3, 0.4) is 0 Å². The first-order valence-corrected chi connectivity index (χ1v) is 8.37. The summed E-state index contributed by atoms with van der Waals surface area (Å²) in [5.41, 5.74) is -2.08. The molecule has 0 saturated heterocycles. The molecule has 0 saturated carbocycles. The van der Waals surface area contributed by atoms with E-state index in [-0.39, 0.29) is 17.0 Å². The third-order valence-corrected chi connectivity index (χ3v) is 4.67. The van der Waals surface area contributed by atoms with Crippen molar-refractivity contribution in [3.8, 4) is 6.07 Å². The van der Waals surface area contributed by atoms with Crippen LogP contribution >= 0.6 is 11.9 Å². The number of benzene rings is 1. The van der Waals surface area contributed by atoms with E-state index < -0.39 is 29.5 Å². The van der Waals surface area contributed by atoms with Crippen LogP contribution < -0.4 is 0 Å². The van der Waals surface area contributed by atoms with Gasteiger partial charge in [-0.3, -0.25) is 4.98 Å². The highest BCUT2D eigenvalue weighted by molar-refractivity contribution is 7.97. The van der Waals surface area contributed by atoms with Crippen molar-refractivity contribution < 1.29 is 26.3 Å². The van der Waals surface area contributed by atoms with Crippen LogP contribution in [0.2, 0.25) is 0 Å². The van der Waals surface area contributed by atoms with Crippen LogP contribution in [0.15, 0.2) is 47.6 Å². The Balaban J connectivity index is 2.51. The first-order valence-electron chi connectivity index (χ1n) is 7.60. The minimum atomic E-state index is -4.95. The molecule has 1 aromatic carbocycles. The second-order valence-electron chi connectivity index (χ2n) is 5.37. The topological polar surface area (TPSA) is 39.9 Å². The smallest absolute Gasteiger partial charge is 0.262 e. The molecule has 2 rings (SSSR count). The van der Waals surface area contributed by atoms with E-state index in [1.165, 1.54) is 25.4 Å². The third-order valence-electron chi connectivity index (χ3n) is 3.54.